The molecule has 18 nitrogen and oxygen atoms in total. The maximum absolute atomic E-state index is 13.1. The topological polar surface area (TPSA) is 239 Å². The Bertz CT molecular complexity index is 2990. The third-order valence-electron chi connectivity index (χ3n) is 13.0. The van der Waals surface area contributed by atoms with Gasteiger partial charge in [-0.25, -0.2) is 4.99 Å². The van der Waals surface area contributed by atoms with Crippen LogP contribution in [0.4, 0.5) is 11.6 Å². The summed E-state index contributed by atoms with van der Waals surface area (Å²) in [4.78, 5) is 29.8. The van der Waals surface area contributed by atoms with E-state index in [9.17, 15) is 14.7 Å². The lowest BCUT2D eigenvalue weighted by atomic mass is 9.91. The second kappa shape index (κ2) is 22.9. The number of para-hydroxylation sites is 3. The molecule has 0 saturated heterocycles. The highest BCUT2D eigenvalue weighted by molar-refractivity contribution is 5.91. The number of amides is 2. The summed E-state index contributed by atoms with van der Waals surface area (Å²) in [6.07, 6.45) is 8.84. The number of aryl methyl sites for hydroxylation is 1. The van der Waals surface area contributed by atoms with Gasteiger partial charge in [-0.05, 0) is 126 Å². The Balaban J connectivity index is 0.744. The number of nitrogens with zero attached hydrogens (tertiary/aromatic N) is 5. The molecule has 0 bridgehead atoms. The van der Waals surface area contributed by atoms with Crippen molar-refractivity contribution < 1.29 is 43.1 Å². The Hall–Kier alpha value is -8.15. The fourth-order valence-corrected chi connectivity index (χ4v) is 9.04. The number of carbonyl (C=O) groups excluding carboxylic acids is 2. The summed E-state index contributed by atoms with van der Waals surface area (Å²) in [5.41, 5.74) is 10.5. The Labute approximate surface area is 437 Å². The van der Waals surface area contributed by atoms with Gasteiger partial charge in [0.1, 0.15) is 29.2 Å². The molecule has 2 unspecified atom stereocenters. The summed E-state index contributed by atoms with van der Waals surface area (Å²) in [6.45, 7) is 15.6. The third-order valence-corrected chi connectivity index (χ3v) is 13.0. The highest BCUT2D eigenvalue weighted by Gasteiger charge is 2.38. The van der Waals surface area contributed by atoms with Crippen molar-refractivity contribution >= 4 is 34.9 Å². The molecule has 0 aliphatic carbocycles. The van der Waals surface area contributed by atoms with Gasteiger partial charge in [0.25, 0.3) is 11.8 Å². The SMILES string of the molecule is C=C(CCC1(C)Cc2cccc(OC/C([O-])=N/C(=C/C=C(\N)C(C)C)NC)c2O1)c1ccc(NC(=O)COc2cccc3c2OC(C)(CCCc2ccc(NC(=O)COc4cccc5c4OC(C)(C)C5)nn2)C3)nn1. The molecule has 394 valence electrons. The molecule has 5 heterocycles. The number of ether oxygens (including phenoxy) is 6. The van der Waals surface area contributed by atoms with Crippen molar-refractivity contribution in [2.75, 3.05) is 37.5 Å². The van der Waals surface area contributed by atoms with E-state index in [0.29, 0.717) is 89.6 Å². The third kappa shape index (κ3) is 13.9. The number of benzene rings is 3. The molecule has 2 aromatic heterocycles. The van der Waals surface area contributed by atoms with Crippen LogP contribution >= 0.6 is 0 Å². The Morgan fingerprint density at radius 3 is 1.79 bits per heavy atom. The van der Waals surface area contributed by atoms with Crippen LogP contribution in [0.1, 0.15) is 95.3 Å². The number of aromatic nitrogens is 4. The summed E-state index contributed by atoms with van der Waals surface area (Å²) >= 11 is 0. The molecule has 0 fully saturated rings. The maximum Gasteiger partial charge on any atom is 0.263 e. The molecular formula is C57H66N9O9-. The first-order valence-corrected chi connectivity index (χ1v) is 25.2. The van der Waals surface area contributed by atoms with Crippen LogP contribution in [0.2, 0.25) is 0 Å². The van der Waals surface area contributed by atoms with Gasteiger partial charge in [-0.3, -0.25) is 9.59 Å². The van der Waals surface area contributed by atoms with Gasteiger partial charge >= 0.3 is 0 Å². The minimum absolute atomic E-state index is 0.167. The van der Waals surface area contributed by atoms with Gasteiger partial charge in [0.05, 0.1) is 11.4 Å². The molecule has 3 aromatic carbocycles. The van der Waals surface area contributed by atoms with Crippen molar-refractivity contribution in [2.45, 2.75) is 110 Å². The predicted molar refractivity (Wildman–Crippen MR) is 284 cm³/mol. The van der Waals surface area contributed by atoms with Gasteiger partial charge in [0.15, 0.2) is 59.3 Å². The van der Waals surface area contributed by atoms with E-state index in [1.54, 1.807) is 55.6 Å². The minimum atomic E-state index is -0.558. The van der Waals surface area contributed by atoms with Crippen LogP contribution in [0.3, 0.4) is 0 Å². The average Bonchev–Trinajstić information content (AvgIpc) is 4.04. The number of hydrogen-bond acceptors (Lipinski definition) is 16. The first kappa shape index (κ1) is 53.2. The predicted octanol–water partition coefficient (Wildman–Crippen LogP) is 7.62. The summed E-state index contributed by atoms with van der Waals surface area (Å²) in [5.74, 6) is 3.31. The molecule has 5 N–H and O–H groups in total. The van der Waals surface area contributed by atoms with Crippen LogP contribution in [0.15, 0.2) is 114 Å². The summed E-state index contributed by atoms with van der Waals surface area (Å²) < 4.78 is 36.7. The van der Waals surface area contributed by atoms with E-state index >= 15 is 0 Å². The minimum Gasteiger partial charge on any atom is -0.859 e. The highest BCUT2D eigenvalue weighted by atomic mass is 16.6. The fourth-order valence-electron chi connectivity index (χ4n) is 9.04. The van der Waals surface area contributed by atoms with Gasteiger partial charge in [-0.1, -0.05) is 56.8 Å². The molecule has 2 amide bonds. The number of rotatable bonds is 23. The number of aliphatic imine (C=N–C) groups is 1. The Kier molecular flexibility index (Phi) is 16.3. The number of nitrogens with two attached hydrogens (primary N) is 1. The van der Waals surface area contributed by atoms with Crippen molar-refractivity contribution in [2.24, 2.45) is 16.6 Å². The van der Waals surface area contributed by atoms with Crippen LogP contribution in [0, 0.1) is 5.92 Å². The molecule has 2 atom stereocenters. The monoisotopic (exact) mass is 1020 g/mol. The molecular weight excluding hydrogens is 955 g/mol. The normalized spacial score (nSPS) is 18.4. The van der Waals surface area contributed by atoms with E-state index in [1.165, 1.54) is 0 Å². The van der Waals surface area contributed by atoms with Crippen LogP contribution in [0.5, 0.6) is 34.5 Å². The van der Waals surface area contributed by atoms with Gasteiger partial charge in [-0.15, -0.1) is 15.3 Å². The summed E-state index contributed by atoms with van der Waals surface area (Å²) in [7, 11) is 1.68. The van der Waals surface area contributed by atoms with Crippen molar-refractivity contribution in [3.05, 3.63) is 137 Å². The number of carbonyl (C=O) groups is 2. The zero-order valence-corrected chi connectivity index (χ0v) is 43.7. The van der Waals surface area contributed by atoms with E-state index in [0.717, 1.165) is 47.2 Å². The molecule has 5 aromatic rings. The zero-order chi connectivity index (χ0) is 53.3. The fraction of sp³-hybridized carbons (Fsp3) is 0.386. The lowest BCUT2D eigenvalue weighted by Crippen LogP contribution is -2.30. The summed E-state index contributed by atoms with van der Waals surface area (Å²) in [5, 5.41) is 38.2. The van der Waals surface area contributed by atoms with Gasteiger partial charge in [0.2, 0.25) is 0 Å². The van der Waals surface area contributed by atoms with Crippen LogP contribution in [0.25, 0.3) is 5.57 Å². The average molecular weight is 1020 g/mol. The first-order chi connectivity index (χ1) is 35.8. The number of allylic oxidation sites excluding steroid dienone is 4. The van der Waals surface area contributed by atoms with Crippen molar-refractivity contribution in [3.8, 4) is 34.5 Å². The number of fused-ring (bicyclic) bond motifs is 3. The number of nitrogens with one attached hydrogen (secondary N) is 3. The zero-order valence-electron chi connectivity index (χ0n) is 43.7. The van der Waals surface area contributed by atoms with Crippen molar-refractivity contribution in [3.63, 3.8) is 0 Å². The molecule has 0 radical (unpaired) electrons. The maximum atomic E-state index is 13.1. The summed E-state index contributed by atoms with van der Waals surface area (Å²) in [6, 6.07) is 24.0. The molecule has 0 saturated carbocycles. The van der Waals surface area contributed by atoms with E-state index < -0.39 is 23.0 Å². The molecule has 8 rings (SSSR count). The van der Waals surface area contributed by atoms with Gasteiger partial charge in [0, 0.05) is 54.6 Å². The van der Waals surface area contributed by atoms with Gasteiger partial charge < -0.3 is 55.2 Å². The van der Waals surface area contributed by atoms with E-state index in [4.69, 9.17) is 34.2 Å². The second-order valence-corrected chi connectivity index (χ2v) is 20.5. The second-order valence-electron chi connectivity index (χ2n) is 20.5. The lowest BCUT2D eigenvalue weighted by Gasteiger charge is -2.25. The van der Waals surface area contributed by atoms with Crippen LogP contribution < -0.4 is 55.2 Å². The molecule has 0 spiro atoms. The van der Waals surface area contributed by atoms with Crippen molar-refractivity contribution in [1.82, 2.24) is 25.7 Å². The largest absolute Gasteiger partial charge is 0.859 e. The van der Waals surface area contributed by atoms with Crippen LogP contribution in [-0.2, 0) is 35.3 Å². The molecule has 18 heteroatoms. The standard InChI is InChI=1S/C57H67N9O9/c1-35(2)41(58)21-24-46(59-8)60-49(67)32-71-45-19-11-15-39-31-57(7,75-54(39)45)28-26-36(3)42-22-25-48(66-64-42)62-51(69)34-72-44-18-10-14-38-30-56(6,74-53(38)44)27-12-16-40-20-23-47(65-63-40)61-50(68)33-70-43-17-9-13-37-29-55(4,5)73-52(37)43/h9-11,13-15,17-25,35,59H,3,12,16,26-34,58H2,1-2,4-8H3,(H,60,67)(H,61,65,68)(H,62,66,69)/p-1/b41-21-,46-24+. The van der Waals surface area contributed by atoms with E-state index in [-0.39, 0.29) is 43.1 Å². The Morgan fingerprint density at radius 2 is 1.25 bits per heavy atom. The quantitative estimate of drug-likeness (QED) is 0.0280. The van der Waals surface area contributed by atoms with E-state index in [2.05, 4.69) is 54.8 Å². The molecule has 3 aliphatic heterocycles. The van der Waals surface area contributed by atoms with E-state index in [1.807, 2.05) is 77.1 Å². The molecule has 3 aliphatic rings. The van der Waals surface area contributed by atoms with Crippen LogP contribution in [-0.4, -0.2) is 81.8 Å². The smallest absolute Gasteiger partial charge is 0.263 e. The molecule has 75 heavy (non-hydrogen) atoms. The highest BCUT2D eigenvalue weighted by Crippen LogP contribution is 2.46. The number of hydrogen-bond donors (Lipinski definition) is 4. The number of anilines is 2. The first-order valence-electron chi connectivity index (χ1n) is 25.2. The lowest BCUT2D eigenvalue weighted by molar-refractivity contribution is -0.220. The van der Waals surface area contributed by atoms with Crippen molar-refractivity contribution in [1.29, 1.82) is 0 Å². The van der Waals surface area contributed by atoms with Gasteiger partial charge in [-0.2, -0.15) is 5.10 Å². The Morgan fingerprint density at radius 1 is 0.720 bits per heavy atom.